The van der Waals surface area contributed by atoms with Gasteiger partial charge in [-0.2, -0.15) is 0 Å². The Labute approximate surface area is 121 Å². The molecule has 1 aromatic rings. The summed E-state index contributed by atoms with van der Waals surface area (Å²) in [5, 5.41) is 5.83. The first kappa shape index (κ1) is 16.4. The van der Waals surface area contributed by atoms with Gasteiger partial charge in [0.1, 0.15) is 5.82 Å². The molecule has 0 saturated heterocycles. The molecule has 0 atom stereocenters. The van der Waals surface area contributed by atoms with Crippen molar-refractivity contribution in [3.8, 4) is 0 Å². The zero-order chi connectivity index (χ0) is 14.8. The molecule has 0 saturated carbocycles. The zero-order valence-corrected chi connectivity index (χ0v) is 12.7. The third-order valence-electron chi connectivity index (χ3n) is 2.93. The Bertz CT molecular complexity index is 399. The quantitative estimate of drug-likeness (QED) is 0.680. The maximum absolute atomic E-state index is 12.0. The maximum Gasteiger partial charge on any atom is 0.251 e. The van der Waals surface area contributed by atoms with E-state index in [1.54, 1.807) is 13.1 Å². The number of pyridine rings is 1. The number of aryl methyl sites for hydroxylation is 1. The highest BCUT2D eigenvalue weighted by Crippen LogP contribution is 2.10. The van der Waals surface area contributed by atoms with Crippen LogP contribution in [0.4, 0.5) is 5.82 Å². The molecule has 0 unspecified atom stereocenters. The fourth-order valence-corrected chi connectivity index (χ4v) is 1.72. The van der Waals surface area contributed by atoms with Crippen molar-refractivity contribution in [1.82, 2.24) is 10.3 Å². The number of hydrogen-bond donors (Lipinski definition) is 2. The Kier molecular flexibility index (Phi) is 7.65. The van der Waals surface area contributed by atoms with Gasteiger partial charge in [-0.05, 0) is 25.0 Å². The summed E-state index contributed by atoms with van der Waals surface area (Å²) in [5.41, 5.74) is 1.54. The van der Waals surface area contributed by atoms with E-state index in [0.29, 0.717) is 24.5 Å². The molecular weight excluding hydrogens is 254 g/mol. The highest BCUT2D eigenvalue weighted by atomic mass is 16.5. The number of anilines is 1. The predicted octanol–water partition coefficient (Wildman–Crippen LogP) is 2.23. The minimum Gasteiger partial charge on any atom is -0.380 e. The molecular formula is C15H25N3O2. The van der Waals surface area contributed by atoms with Crippen LogP contribution in [0.25, 0.3) is 0 Å². The van der Waals surface area contributed by atoms with Crippen molar-refractivity contribution in [3.63, 3.8) is 0 Å². The van der Waals surface area contributed by atoms with E-state index < -0.39 is 0 Å². The molecule has 0 aromatic carbocycles. The van der Waals surface area contributed by atoms with Crippen molar-refractivity contribution in [2.24, 2.45) is 0 Å². The number of carbonyl (C=O) groups is 1. The summed E-state index contributed by atoms with van der Waals surface area (Å²) in [6.07, 6.45) is 2.98. The van der Waals surface area contributed by atoms with Gasteiger partial charge in [-0.25, -0.2) is 4.98 Å². The topological polar surface area (TPSA) is 63.2 Å². The zero-order valence-electron chi connectivity index (χ0n) is 12.7. The molecule has 1 rings (SSSR count). The summed E-state index contributed by atoms with van der Waals surface area (Å²) in [5.74, 6) is 0.631. The second-order valence-corrected chi connectivity index (χ2v) is 4.56. The van der Waals surface area contributed by atoms with Crippen LogP contribution in [0.15, 0.2) is 12.1 Å². The minimum absolute atomic E-state index is 0.0855. The van der Waals surface area contributed by atoms with Crippen molar-refractivity contribution in [1.29, 1.82) is 0 Å². The van der Waals surface area contributed by atoms with Gasteiger partial charge in [0.25, 0.3) is 5.91 Å². The fraction of sp³-hybridized carbons (Fsp3) is 0.600. The maximum atomic E-state index is 12.0. The number of amides is 1. The standard InChI is InChI=1S/C15H25N3O2/c1-4-6-8-20-9-7-17-15(19)12-10-13(5-2)18-14(11-12)16-3/h10-11H,4-9H2,1-3H3,(H,16,18)(H,17,19). The molecule has 0 radical (unpaired) electrons. The van der Waals surface area contributed by atoms with Crippen LogP contribution in [-0.4, -0.2) is 37.7 Å². The van der Waals surface area contributed by atoms with Crippen LogP contribution in [0.2, 0.25) is 0 Å². The molecule has 5 nitrogen and oxygen atoms in total. The number of aromatic nitrogens is 1. The van der Waals surface area contributed by atoms with Crippen LogP contribution < -0.4 is 10.6 Å². The molecule has 5 heteroatoms. The van der Waals surface area contributed by atoms with E-state index in [1.165, 1.54) is 0 Å². The molecule has 112 valence electrons. The Morgan fingerprint density at radius 2 is 2.10 bits per heavy atom. The molecule has 0 bridgehead atoms. The summed E-state index contributed by atoms with van der Waals surface area (Å²) in [6, 6.07) is 3.58. The lowest BCUT2D eigenvalue weighted by molar-refractivity contribution is 0.0912. The highest BCUT2D eigenvalue weighted by molar-refractivity contribution is 5.95. The second kappa shape index (κ2) is 9.31. The van der Waals surface area contributed by atoms with E-state index in [9.17, 15) is 4.79 Å². The van der Waals surface area contributed by atoms with Crippen molar-refractivity contribution >= 4 is 11.7 Å². The number of hydrogen-bond acceptors (Lipinski definition) is 4. The van der Waals surface area contributed by atoms with Crippen molar-refractivity contribution in [2.75, 3.05) is 32.1 Å². The van der Waals surface area contributed by atoms with E-state index in [-0.39, 0.29) is 5.91 Å². The van der Waals surface area contributed by atoms with Crippen molar-refractivity contribution in [2.45, 2.75) is 33.1 Å². The number of unbranched alkanes of at least 4 members (excludes halogenated alkanes) is 1. The molecule has 2 N–H and O–H groups in total. The van der Waals surface area contributed by atoms with Crippen LogP contribution in [0.5, 0.6) is 0 Å². The number of carbonyl (C=O) groups excluding carboxylic acids is 1. The summed E-state index contributed by atoms with van der Waals surface area (Å²) < 4.78 is 5.41. The summed E-state index contributed by atoms with van der Waals surface area (Å²) >= 11 is 0. The number of ether oxygens (including phenoxy) is 1. The Morgan fingerprint density at radius 3 is 2.75 bits per heavy atom. The SMILES string of the molecule is CCCCOCCNC(=O)c1cc(CC)nc(NC)c1. The van der Waals surface area contributed by atoms with E-state index >= 15 is 0 Å². The first-order valence-corrected chi connectivity index (χ1v) is 7.25. The minimum atomic E-state index is -0.0855. The lowest BCUT2D eigenvalue weighted by Crippen LogP contribution is -2.27. The normalized spacial score (nSPS) is 10.3. The van der Waals surface area contributed by atoms with Gasteiger partial charge in [0.15, 0.2) is 0 Å². The molecule has 0 aliphatic carbocycles. The van der Waals surface area contributed by atoms with Crippen molar-refractivity contribution in [3.05, 3.63) is 23.4 Å². The summed E-state index contributed by atoms with van der Waals surface area (Å²) in [6.45, 7) is 5.98. The van der Waals surface area contributed by atoms with Crippen molar-refractivity contribution < 1.29 is 9.53 Å². The van der Waals surface area contributed by atoms with E-state index in [2.05, 4.69) is 22.5 Å². The number of rotatable bonds is 9. The molecule has 0 fully saturated rings. The first-order valence-electron chi connectivity index (χ1n) is 7.25. The monoisotopic (exact) mass is 279 g/mol. The largest absolute Gasteiger partial charge is 0.380 e. The van der Waals surface area contributed by atoms with E-state index in [1.807, 2.05) is 13.0 Å². The fourth-order valence-electron chi connectivity index (χ4n) is 1.72. The van der Waals surface area contributed by atoms with Crippen LogP contribution in [0.3, 0.4) is 0 Å². The molecule has 0 aliphatic heterocycles. The average Bonchev–Trinajstić information content (AvgIpc) is 2.49. The second-order valence-electron chi connectivity index (χ2n) is 4.56. The molecule has 1 amide bonds. The van der Waals surface area contributed by atoms with E-state index in [4.69, 9.17) is 4.74 Å². The molecule has 20 heavy (non-hydrogen) atoms. The van der Waals surface area contributed by atoms with Gasteiger partial charge in [0, 0.05) is 31.5 Å². The molecule has 0 aliphatic rings. The van der Waals surface area contributed by atoms with Crippen LogP contribution >= 0.6 is 0 Å². The summed E-state index contributed by atoms with van der Waals surface area (Å²) in [4.78, 5) is 16.4. The van der Waals surface area contributed by atoms with Gasteiger partial charge in [-0.15, -0.1) is 0 Å². The lowest BCUT2D eigenvalue weighted by atomic mass is 10.2. The van der Waals surface area contributed by atoms with Gasteiger partial charge < -0.3 is 15.4 Å². The number of nitrogens with zero attached hydrogens (tertiary/aromatic N) is 1. The number of nitrogens with one attached hydrogen (secondary N) is 2. The molecule has 0 spiro atoms. The highest BCUT2D eigenvalue weighted by Gasteiger charge is 2.08. The van der Waals surface area contributed by atoms with Crippen LogP contribution in [0, 0.1) is 0 Å². The van der Waals surface area contributed by atoms with Gasteiger partial charge in [0.05, 0.1) is 6.61 Å². The third kappa shape index (κ3) is 5.57. The molecule has 1 aromatic heterocycles. The predicted molar refractivity (Wildman–Crippen MR) is 81.2 cm³/mol. The first-order chi connectivity index (χ1) is 9.71. The van der Waals surface area contributed by atoms with Crippen LogP contribution in [0.1, 0.15) is 42.7 Å². The smallest absolute Gasteiger partial charge is 0.251 e. The van der Waals surface area contributed by atoms with Gasteiger partial charge in [-0.3, -0.25) is 4.79 Å². The van der Waals surface area contributed by atoms with Gasteiger partial charge in [-0.1, -0.05) is 20.3 Å². The Morgan fingerprint density at radius 1 is 1.30 bits per heavy atom. The Balaban J connectivity index is 2.46. The Hall–Kier alpha value is -1.62. The average molecular weight is 279 g/mol. The molecule has 1 heterocycles. The van der Waals surface area contributed by atoms with Gasteiger partial charge in [0.2, 0.25) is 0 Å². The van der Waals surface area contributed by atoms with E-state index in [0.717, 1.165) is 31.6 Å². The van der Waals surface area contributed by atoms with Gasteiger partial charge >= 0.3 is 0 Å². The third-order valence-corrected chi connectivity index (χ3v) is 2.93. The lowest BCUT2D eigenvalue weighted by Gasteiger charge is -2.09. The van der Waals surface area contributed by atoms with Crippen LogP contribution in [-0.2, 0) is 11.2 Å². The summed E-state index contributed by atoms with van der Waals surface area (Å²) in [7, 11) is 1.80.